The molecule has 0 amide bonds. The zero-order valence-electron chi connectivity index (χ0n) is 20.5. The van der Waals surface area contributed by atoms with Crippen LogP contribution in [-0.4, -0.2) is 71.7 Å². The van der Waals surface area contributed by atoms with Gasteiger partial charge in [0.05, 0.1) is 30.7 Å². The first kappa shape index (κ1) is 25.5. The fourth-order valence-corrected chi connectivity index (χ4v) is 4.45. The molecule has 1 saturated carbocycles. The Morgan fingerprint density at radius 1 is 1.39 bits per heavy atom. The predicted octanol–water partition coefficient (Wildman–Crippen LogP) is 1.94. The van der Waals surface area contributed by atoms with E-state index in [2.05, 4.69) is 15.5 Å². The van der Waals surface area contributed by atoms with Gasteiger partial charge in [0, 0.05) is 37.3 Å². The van der Waals surface area contributed by atoms with Crippen LogP contribution in [-0.2, 0) is 14.4 Å². The van der Waals surface area contributed by atoms with E-state index in [1.54, 1.807) is 16.4 Å². The largest absolute Gasteiger partial charge is 0.477 e. The number of oxime groups is 1. The van der Waals surface area contributed by atoms with Crippen molar-refractivity contribution in [1.82, 2.24) is 14.9 Å². The molecule has 4 rings (SSSR count). The van der Waals surface area contributed by atoms with Crippen molar-refractivity contribution < 1.29 is 28.7 Å². The van der Waals surface area contributed by atoms with Crippen molar-refractivity contribution >= 4 is 34.5 Å². The first-order valence-electron chi connectivity index (χ1n) is 12.0. The van der Waals surface area contributed by atoms with E-state index in [1.807, 2.05) is 6.92 Å². The van der Waals surface area contributed by atoms with E-state index >= 15 is 4.39 Å². The molecule has 0 aromatic carbocycles. The Morgan fingerprint density at radius 3 is 2.78 bits per heavy atom. The third-order valence-corrected chi connectivity index (χ3v) is 6.37. The van der Waals surface area contributed by atoms with Gasteiger partial charge in [-0.05, 0) is 32.8 Å². The van der Waals surface area contributed by atoms with Crippen LogP contribution in [0.15, 0.2) is 22.2 Å². The van der Waals surface area contributed by atoms with E-state index in [0.29, 0.717) is 25.4 Å². The molecule has 194 valence electrons. The number of hydrogen-bond acceptors (Lipinski definition) is 9. The number of nitrogens with one attached hydrogen (secondary N) is 1. The lowest BCUT2D eigenvalue weighted by molar-refractivity contribution is -0.143. The Kier molecular flexibility index (Phi) is 7.53. The first-order valence-corrected chi connectivity index (χ1v) is 12.0. The highest BCUT2D eigenvalue weighted by molar-refractivity contribution is 5.95. The molecular formula is C24H30FN5O6. The summed E-state index contributed by atoms with van der Waals surface area (Å²) in [6.07, 6.45) is 3.19. The number of aromatic nitrogens is 2. The summed E-state index contributed by atoms with van der Waals surface area (Å²) in [6.45, 7) is 5.09. The lowest BCUT2D eigenvalue weighted by Gasteiger charge is -2.20. The molecule has 11 nitrogen and oxygen atoms in total. The van der Waals surface area contributed by atoms with Crippen LogP contribution < -0.4 is 15.6 Å². The van der Waals surface area contributed by atoms with Crippen LogP contribution in [0.2, 0.25) is 0 Å². The average Bonchev–Trinajstić information content (AvgIpc) is 3.59. The Morgan fingerprint density at radius 2 is 2.14 bits per heavy atom. The zero-order chi connectivity index (χ0) is 26.0. The van der Waals surface area contributed by atoms with E-state index < -0.39 is 22.8 Å². The fraction of sp³-hybridized carbons (Fsp3) is 0.542. The van der Waals surface area contributed by atoms with Gasteiger partial charge in [-0.3, -0.25) is 9.59 Å². The molecule has 2 aromatic heterocycles. The van der Waals surface area contributed by atoms with Crippen LogP contribution in [0, 0.1) is 11.7 Å². The normalized spacial score (nSPS) is 19.6. The van der Waals surface area contributed by atoms with Crippen LogP contribution in [0.25, 0.3) is 11.0 Å². The van der Waals surface area contributed by atoms with Crippen LogP contribution in [0.1, 0.15) is 49.5 Å². The SMILES string of the molecule is CCOC(=O)CC(C)NCC1CN(c2nc3c(cc2F)c(=O)c(C(=O)O)cn3C2CC2)CC1=NOC. The molecule has 2 aromatic rings. The molecule has 1 saturated heterocycles. The third-order valence-electron chi connectivity index (χ3n) is 6.37. The third kappa shape index (κ3) is 5.32. The van der Waals surface area contributed by atoms with E-state index in [4.69, 9.17) is 9.57 Å². The van der Waals surface area contributed by atoms with Crippen LogP contribution in [0.3, 0.4) is 0 Å². The van der Waals surface area contributed by atoms with Crippen LogP contribution >= 0.6 is 0 Å². The first-order chi connectivity index (χ1) is 17.2. The second-order valence-corrected chi connectivity index (χ2v) is 9.14. The fourth-order valence-electron chi connectivity index (χ4n) is 4.45. The highest BCUT2D eigenvalue weighted by Gasteiger charge is 2.34. The van der Waals surface area contributed by atoms with Crippen LogP contribution in [0.4, 0.5) is 10.2 Å². The van der Waals surface area contributed by atoms with Gasteiger partial charge in [-0.25, -0.2) is 14.2 Å². The molecule has 0 spiro atoms. The number of pyridine rings is 2. The highest BCUT2D eigenvalue weighted by atomic mass is 19.1. The van der Waals surface area contributed by atoms with Crippen LogP contribution in [0.5, 0.6) is 0 Å². The number of carboxylic acids is 1. The van der Waals surface area contributed by atoms with Crippen molar-refractivity contribution in [1.29, 1.82) is 0 Å². The minimum atomic E-state index is -1.35. The van der Waals surface area contributed by atoms with Gasteiger partial charge in [0.1, 0.15) is 18.3 Å². The summed E-state index contributed by atoms with van der Waals surface area (Å²) in [4.78, 5) is 47.2. The summed E-state index contributed by atoms with van der Waals surface area (Å²) >= 11 is 0. The summed E-state index contributed by atoms with van der Waals surface area (Å²) in [6, 6.07) is 0.971. The number of aromatic carboxylic acids is 1. The summed E-state index contributed by atoms with van der Waals surface area (Å²) in [5.41, 5.74) is -0.204. The van der Waals surface area contributed by atoms with Crippen molar-refractivity contribution in [3.8, 4) is 0 Å². The van der Waals surface area contributed by atoms with Crippen molar-refractivity contribution in [2.75, 3.05) is 38.3 Å². The second-order valence-electron chi connectivity index (χ2n) is 9.14. The van der Waals surface area contributed by atoms with Gasteiger partial charge >= 0.3 is 11.9 Å². The minimum absolute atomic E-state index is 0.0269. The topological polar surface area (TPSA) is 135 Å². The molecule has 2 N–H and O–H groups in total. The molecule has 0 bridgehead atoms. The number of halogens is 1. The number of esters is 1. The molecule has 2 unspecified atom stereocenters. The number of rotatable bonds is 10. The van der Waals surface area contributed by atoms with Gasteiger partial charge in [0.25, 0.3) is 0 Å². The zero-order valence-corrected chi connectivity index (χ0v) is 20.5. The summed E-state index contributed by atoms with van der Waals surface area (Å²) in [7, 11) is 1.44. The van der Waals surface area contributed by atoms with E-state index in [9.17, 15) is 19.5 Å². The minimum Gasteiger partial charge on any atom is -0.477 e. The molecule has 2 fully saturated rings. The van der Waals surface area contributed by atoms with Gasteiger partial charge in [-0.1, -0.05) is 5.16 Å². The van der Waals surface area contributed by atoms with E-state index in [0.717, 1.165) is 18.9 Å². The molecule has 2 atom stereocenters. The van der Waals surface area contributed by atoms with Gasteiger partial charge in [-0.2, -0.15) is 0 Å². The molecule has 12 heteroatoms. The number of hydrogen-bond donors (Lipinski definition) is 2. The number of carboxylic acid groups (broad SMARTS) is 1. The number of carbonyl (C=O) groups excluding carboxylic acids is 1. The van der Waals surface area contributed by atoms with Crippen molar-refractivity contribution in [2.24, 2.45) is 11.1 Å². The molecule has 3 heterocycles. The van der Waals surface area contributed by atoms with E-state index in [1.165, 1.54) is 13.3 Å². The number of nitrogens with zero attached hydrogens (tertiary/aromatic N) is 4. The molecule has 36 heavy (non-hydrogen) atoms. The highest BCUT2D eigenvalue weighted by Crippen LogP contribution is 2.37. The van der Waals surface area contributed by atoms with Gasteiger partial charge < -0.3 is 29.5 Å². The van der Waals surface area contributed by atoms with Gasteiger partial charge in [-0.15, -0.1) is 0 Å². The number of ether oxygens (including phenoxy) is 1. The summed E-state index contributed by atoms with van der Waals surface area (Å²) < 4.78 is 21.9. The van der Waals surface area contributed by atoms with Gasteiger partial charge in [0.2, 0.25) is 5.43 Å². The second kappa shape index (κ2) is 10.6. The summed E-state index contributed by atoms with van der Waals surface area (Å²) in [5.74, 6) is -2.43. The molecule has 0 radical (unpaired) electrons. The maximum absolute atomic E-state index is 15.3. The average molecular weight is 504 g/mol. The Balaban J connectivity index is 1.60. The lowest BCUT2D eigenvalue weighted by Crippen LogP contribution is -2.36. The maximum atomic E-state index is 15.3. The quantitative estimate of drug-likeness (QED) is 0.368. The number of anilines is 1. The van der Waals surface area contributed by atoms with Crippen molar-refractivity contribution in [3.05, 3.63) is 33.9 Å². The number of carbonyl (C=O) groups is 2. The maximum Gasteiger partial charge on any atom is 0.341 e. The molecule has 1 aliphatic heterocycles. The smallest absolute Gasteiger partial charge is 0.341 e. The Bertz CT molecular complexity index is 1260. The lowest BCUT2D eigenvalue weighted by atomic mass is 10.1. The van der Waals surface area contributed by atoms with Crippen molar-refractivity contribution in [3.63, 3.8) is 0 Å². The van der Waals surface area contributed by atoms with Gasteiger partial charge in [0.15, 0.2) is 11.6 Å². The van der Waals surface area contributed by atoms with E-state index in [-0.39, 0.29) is 53.8 Å². The standard InChI is InChI=1S/C24H30FN5O6/c1-4-36-20(31)7-13(2)26-9-14-10-29(12-19(14)28-35-3)23-18(25)8-16-21(32)17(24(33)34)11-30(15-5-6-15)22(16)27-23/h8,11,13-15,26H,4-7,9-10,12H2,1-3H3,(H,33,34). The predicted molar refractivity (Wildman–Crippen MR) is 130 cm³/mol. The Labute approximate surface area is 206 Å². The monoisotopic (exact) mass is 503 g/mol. The Hall–Kier alpha value is -3.54. The van der Waals surface area contributed by atoms with Crippen molar-refractivity contribution in [2.45, 2.75) is 45.2 Å². The summed E-state index contributed by atoms with van der Waals surface area (Å²) in [5, 5.41) is 16.8. The molecule has 1 aliphatic carbocycles. The molecule has 2 aliphatic rings. The molecular weight excluding hydrogens is 473 g/mol. The number of fused-ring (bicyclic) bond motifs is 1.